The first-order valence-electron chi connectivity index (χ1n) is 4.54. The van der Waals surface area contributed by atoms with Crippen molar-refractivity contribution in [1.29, 1.82) is 0 Å². The Balaban J connectivity index is 2.71. The average molecular weight is 196 g/mol. The Morgan fingerprint density at radius 3 is 2.36 bits per heavy atom. The Labute approximate surface area is 84.3 Å². The fraction of sp³-hybridized carbons (Fsp3) is 0.455. The number of methoxy groups -OCH3 is 2. The molecule has 0 aliphatic rings. The maximum atomic E-state index is 9.71. The van der Waals surface area contributed by atoms with Crippen molar-refractivity contribution >= 4 is 0 Å². The minimum Gasteiger partial charge on any atom is -0.388 e. The lowest BCUT2D eigenvalue weighted by Crippen LogP contribution is -2.24. The highest BCUT2D eigenvalue weighted by Crippen LogP contribution is 2.20. The summed E-state index contributed by atoms with van der Waals surface area (Å²) >= 11 is 0. The highest BCUT2D eigenvalue weighted by molar-refractivity contribution is 5.18. The van der Waals surface area contributed by atoms with Crippen molar-refractivity contribution in [3.8, 4) is 0 Å². The quantitative estimate of drug-likeness (QED) is 0.773. The minimum atomic E-state index is -0.632. The molecule has 2 atom stereocenters. The van der Waals surface area contributed by atoms with Gasteiger partial charge in [0.1, 0.15) is 12.2 Å². The third-order valence-electron chi connectivity index (χ3n) is 2.07. The molecule has 1 rings (SSSR count). The molecule has 1 aromatic rings. The lowest BCUT2D eigenvalue weighted by Gasteiger charge is -2.21. The van der Waals surface area contributed by atoms with E-state index in [-0.39, 0.29) is 12.7 Å². The van der Waals surface area contributed by atoms with Crippen molar-refractivity contribution in [3.05, 3.63) is 35.9 Å². The van der Waals surface area contributed by atoms with Crippen molar-refractivity contribution < 1.29 is 14.6 Å². The molecule has 1 aromatic carbocycles. The van der Waals surface area contributed by atoms with E-state index in [0.717, 1.165) is 5.56 Å². The lowest BCUT2D eigenvalue weighted by atomic mass is 10.1. The molecule has 0 saturated heterocycles. The first kappa shape index (κ1) is 11.2. The zero-order valence-electron chi connectivity index (χ0n) is 8.51. The smallest absolute Gasteiger partial charge is 0.110 e. The third-order valence-corrected chi connectivity index (χ3v) is 2.07. The van der Waals surface area contributed by atoms with Crippen LogP contribution < -0.4 is 0 Å². The van der Waals surface area contributed by atoms with Crippen molar-refractivity contribution in [3.63, 3.8) is 0 Å². The lowest BCUT2D eigenvalue weighted by molar-refractivity contribution is -0.0483. The Morgan fingerprint density at radius 1 is 1.21 bits per heavy atom. The van der Waals surface area contributed by atoms with Crippen LogP contribution in [-0.4, -0.2) is 32.0 Å². The number of aliphatic hydroxyl groups excluding tert-OH is 1. The van der Waals surface area contributed by atoms with Gasteiger partial charge in [-0.25, -0.2) is 0 Å². The van der Waals surface area contributed by atoms with Crippen LogP contribution in [0.15, 0.2) is 30.3 Å². The van der Waals surface area contributed by atoms with Gasteiger partial charge in [-0.2, -0.15) is 0 Å². The summed E-state index contributed by atoms with van der Waals surface area (Å²) in [5.74, 6) is 0. The SMILES string of the molecule is COCC(O)C(OC)c1ccccc1. The van der Waals surface area contributed by atoms with Crippen LogP contribution in [0.5, 0.6) is 0 Å². The van der Waals surface area contributed by atoms with Crippen LogP contribution in [0.25, 0.3) is 0 Å². The van der Waals surface area contributed by atoms with E-state index in [1.807, 2.05) is 30.3 Å². The van der Waals surface area contributed by atoms with E-state index < -0.39 is 6.10 Å². The molecule has 0 fully saturated rings. The minimum absolute atomic E-state index is 0.271. The predicted molar refractivity (Wildman–Crippen MR) is 54.1 cm³/mol. The second-order valence-electron chi connectivity index (χ2n) is 3.09. The summed E-state index contributed by atoms with van der Waals surface area (Å²) in [6.07, 6.45) is -0.955. The molecule has 3 nitrogen and oxygen atoms in total. The molecule has 2 unspecified atom stereocenters. The maximum Gasteiger partial charge on any atom is 0.110 e. The molecule has 0 saturated carbocycles. The summed E-state index contributed by atoms with van der Waals surface area (Å²) in [6, 6.07) is 9.61. The molecule has 3 heteroatoms. The van der Waals surface area contributed by atoms with E-state index in [1.165, 1.54) is 0 Å². The molecule has 0 heterocycles. The van der Waals surface area contributed by atoms with Crippen LogP contribution in [0.3, 0.4) is 0 Å². The number of aliphatic hydroxyl groups is 1. The maximum absolute atomic E-state index is 9.71. The summed E-state index contributed by atoms with van der Waals surface area (Å²) in [4.78, 5) is 0. The Kier molecular flexibility index (Phi) is 4.59. The van der Waals surface area contributed by atoms with Gasteiger partial charge in [0.15, 0.2) is 0 Å². The first-order valence-corrected chi connectivity index (χ1v) is 4.54. The third kappa shape index (κ3) is 2.80. The molecular formula is C11H16O3. The van der Waals surface area contributed by atoms with Crippen molar-refractivity contribution in [2.75, 3.05) is 20.8 Å². The van der Waals surface area contributed by atoms with E-state index in [1.54, 1.807) is 14.2 Å². The van der Waals surface area contributed by atoms with Gasteiger partial charge in [-0.3, -0.25) is 0 Å². The predicted octanol–water partition coefficient (Wildman–Crippen LogP) is 1.38. The van der Waals surface area contributed by atoms with Gasteiger partial charge in [0.2, 0.25) is 0 Å². The van der Waals surface area contributed by atoms with Gasteiger partial charge in [-0.15, -0.1) is 0 Å². The molecule has 78 valence electrons. The molecule has 0 amide bonds. The second kappa shape index (κ2) is 5.75. The van der Waals surface area contributed by atoms with Gasteiger partial charge < -0.3 is 14.6 Å². The van der Waals surface area contributed by atoms with E-state index in [2.05, 4.69) is 0 Å². The number of hydrogen-bond acceptors (Lipinski definition) is 3. The average Bonchev–Trinajstić information content (AvgIpc) is 2.21. The summed E-state index contributed by atoms with van der Waals surface area (Å²) in [5, 5.41) is 9.71. The highest BCUT2D eigenvalue weighted by Gasteiger charge is 2.19. The van der Waals surface area contributed by atoms with Crippen LogP contribution in [0.4, 0.5) is 0 Å². The number of ether oxygens (including phenoxy) is 2. The molecule has 0 aliphatic carbocycles. The Bertz CT molecular complexity index is 248. The second-order valence-corrected chi connectivity index (χ2v) is 3.09. The van der Waals surface area contributed by atoms with Crippen LogP contribution in [0.1, 0.15) is 11.7 Å². The molecular weight excluding hydrogens is 180 g/mol. The first-order chi connectivity index (χ1) is 6.79. The zero-order valence-corrected chi connectivity index (χ0v) is 8.51. The van der Waals surface area contributed by atoms with Gasteiger partial charge in [-0.05, 0) is 5.56 Å². The largest absolute Gasteiger partial charge is 0.388 e. The fourth-order valence-electron chi connectivity index (χ4n) is 1.42. The molecule has 0 bridgehead atoms. The van der Waals surface area contributed by atoms with Gasteiger partial charge in [0.05, 0.1) is 6.61 Å². The summed E-state index contributed by atoms with van der Waals surface area (Å²) in [5.41, 5.74) is 0.958. The number of benzene rings is 1. The Hall–Kier alpha value is -0.900. The summed E-state index contributed by atoms with van der Waals surface area (Å²) in [7, 11) is 3.14. The number of hydrogen-bond donors (Lipinski definition) is 1. The van der Waals surface area contributed by atoms with Crippen molar-refractivity contribution in [2.45, 2.75) is 12.2 Å². The normalized spacial score (nSPS) is 15.1. The van der Waals surface area contributed by atoms with Crippen LogP contribution in [0, 0.1) is 0 Å². The van der Waals surface area contributed by atoms with Gasteiger partial charge >= 0.3 is 0 Å². The van der Waals surface area contributed by atoms with Gasteiger partial charge in [-0.1, -0.05) is 30.3 Å². The van der Waals surface area contributed by atoms with E-state index in [4.69, 9.17) is 9.47 Å². The summed E-state index contributed by atoms with van der Waals surface area (Å²) in [6.45, 7) is 0.271. The Morgan fingerprint density at radius 2 is 1.86 bits per heavy atom. The topological polar surface area (TPSA) is 38.7 Å². The highest BCUT2D eigenvalue weighted by atomic mass is 16.5. The van der Waals surface area contributed by atoms with Crippen LogP contribution >= 0.6 is 0 Å². The molecule has 14 heavy (non-hydrogen) atoms. The zero-order chi connectivity index (χ0) is 10.4. The van der Waals surface area contributed by atoms with Crippen LogP contribution in [-0.2, 0) is 9.47 Å². The monoisotopic (exact) mass is 196 g/mol. The van der Waals surface area contributed by atoms with Crippen molar-refractivity contribution in [1.82, 2.24) is 0 Å². The van der Waals surface area contributed by atoms with Gasteiger partial charge in [0, 0.05) is 14.2 Å². The summed E-state index contributed by atoms with van der Waals surface area (Å²) < 4.78 is 10.1. The molecule has 0 aromatic heterocycles. The van der Waals surface area contributed by atoms with E-state index in [9.17, 15) is 5.11 Å². The van der Waals surface area contributed by atoms with E-state index >= 15 is 0 Å². The molecule has 1 N–H and O–H groups in total. The fourth-order valence-corrected chi connectivity index (χ4v) is 1.42. The van der Waals surface area contributed by atoms with Crippen molar-refractivity contribution in [2.24, 2.45) is 0 Å². The van der Waals surface area contributed by atoms with Gasteiger partial charge in [0.25, 0.3) is 0 Å². The van der Waals surface area contributed by atoms with Crippen LogP contribution in [0.2, 0.25) is 0 Å². The molecule has 0 aliphatic heterocycles. The molecule has 0 spiro atoms. The number of rotatable bonds is 5. The standard InChI is InChI=1S/C11H16O3/c1-13-8-10(12)11(14-2)9-6-4-3-5-7-9/h3-7,10-12H,8H2,1-2H3. The molecule has 0 radical (unpaired) electrons. The van der Waals surface area contributed by atoms with E-state index in [0.29, 0.717) is 0 Å².